The highest BCUT2D eigenvalue weighted by molar-refractivity contribution is 7.18. The second-order valence-electron chi connectivity index (χ2n) is 5.00. The van der Waals surface area contributed by atoms with Crippen LogP contribution < -0.4 is 0 Å². The summed E-state index contributed by atoms with van der Waals surface area (Å²) in [6.07, 6.45) is -9.21. The van der Waals surface area contributed by atoms with Crippen molar-refractivity contribution in [3.05, 3.63) is 59.7 Å². The predicted octanol–water partition coefficient (Wildman–Crippen LogP) is 5.91. The highest BCUT2D eigenvalue weighted by atomic mass is 32.1. The van der Waals surface area contributed by atoms with Gasteiger partial charge in [0.25, 0.3) is 0 Å². The summed E-state index contributed by atoms with van der Waals surface area (Å²) < 4.78 is 78.6. The van der Waals surface area contributed by atoms with Crippen molar-refractivity contribution in [2.24, 2.45) is 0 Å². The zero-order valence-corrected chi connectivity index (χ0v) is 13.0. The third-order valence-electron chi connectivity index (χ3n) is 3.35. The van der Waals surface area contributed by atoms with Gasteiger partial charge in [-0.15, -0.1) is 10.2 Å². The van der Waals surface area contributed by atoms with E-state index in [0.29, 0.717) is 11.3 Å². The van der Waals surface area contributed by atoms with E-state index < -0.39 is 23.5 Å². The largest absolute Gasteiger partial charge is 0.417 e. The van der Waals surface area contributed by atoms with E-state index in [4.69, 9.17) is 0 Å². The Balaban J connectivity index is 2.10. The Morgan fingerprint density at radius 1 is 0.600 bits per heavy atom. The van der Waals surface area contributed by atoms with E-state index in [0.717, 1.165) is 12.1 Å². The van der Waals surface area contributed by atoms with Gasteiger partial charge in [0.2, 0.25) is 0 Å². The van der Waals surface area contributed by atoms with Gasteiger partial charge in [0, 0.05) is 11.1 Å². The molecule has 0 saturated heterocycles. The van der Waals surface area contributed by atoms with Gasteiger partial charge in [0.05, 0.1) is 11.1 Å². The number of aromatic nitrogens is 2. The van der Waals surface area contributed by atoms with Crippen molar-refractivity contribution < 1.29 is 26.3 Å². The first kappa shape index (κ1) is 17.4. The summed E-state index contributed by atoms with van der Waals surface area (Å²) in [5, 5.41) is 7.13. The minimum atomic E-state index is -4.60. The van der Waals surface area contributed by atoms with E-state index >= 15 is 0 Å². The van der Waals surface area contributed by atoms with Gasteiger partial charge in [-0.25, -0.2) is 0 Å². The van der Waals surface area contributed by atoms with Crippen molar-refractivity contribution in [3.63, 3.8) is 0 Å². The quantitative estimate of drug-likeness (QED) is 0.521. The number of benzene rings is 2. The predicted molar refractivity (Wildman–Crippen MR) is 80.8 cm³/mol. The number of hydrogen-bond acceptors (Lipinski definition) is 3. The first-order chi connectivity index (χ1) is 11.7. The van der Waals surface area contributed by atoms with Crippen LogP contribution >= 0.6 is 11.3 Å². The van der Waals surface area contributed by atoms with Crippen LogP contribution in [0.1, 0.15) is 11.1 Å². The van der Waals surface area contributed by atoms with Crippen molar-refractivity contribution in [2.45, 2.75) is 12.4 Å². The lowest BCUT2D eigenvalue weighted by molar-refractivity contribution is -0.137. The molecule has 2 aromatic carbocycles. The molecule has 1 heterocycles. The maximum absolute atomic E-state index is 13.1. The number of halogens is 6. The topological polar surface area (TPSA) is 25.8 Å². The number of alkyl halides is 6. The summed E-state index contributed by atoms with van der Waals surface area (Å²) in [7, 11) is 0. The van der Waals surface area contributed by atoms with Gasteiger partial charge < -0.3 is 0 Å². The second kappa shape index (κ2) is 6.14. The molecule has 0 fully saturated rings. The molecule has 9 heteroatoms. The van der Waals surface area contributed by atoms with E-state index in [9.17, 15) is 26.3 Å². The van der Waals surface area contributed by atoms with Crippen LogP contribution in [-0.4, -0.2) is 10.2 Å². The Morgan fingerprint density at radius 3 is 1.32 bits per heavy atom. The maximum Gasteiger partial charge on any atom is 0.417 e. The fraction of sp³-hybridized carbons (Fsp3) is 0.125. The fourth-order valence-corrected chi connectivity index (χ4v) is 3.20. The van der Waals surface area contributed by atoms with Crippen molar-refractivity contribution in [1.82, 2.24) is 10.2 Å². The zero-order chi connectivity index (χ0) is 18.2. The zero-order valence-electron chi connectivity index (χ0n) is 12.2. The molecule has 0 saturated carbocycles. The Kier molecular flexibility index (Phi) is 4.28. The Morgan fingerprint density at radius 2 is 0.960 bits per heavy atom. The second-order valence-corrected chi connectivity index (χ2v) is 5.98. The van der Waals surface area contributed by atoms with Crippen molar-refractivity contribution in [3.8, 4) is 21.1 Å². The minimum absolute atomic E-state index is 0.0973. The summed E-state index contributed by atoms with van der Waals surface area (Å²) in [6.45, 7) is 0. The Labute approximate surface area is 141 Å². The average Bonchev–Trinajstić information content (AvgIpc) is 3.03. The number of hydrogen-bond donors (Lipinski definition) is 0. The molecule has 0 aliphatic heterocycles. The van der Waals surface area contributed by atoms with Crippen molar-refractivity contribution in [2.75, 3.05) is 0 Å². The summed E-state index contributed by atoms with van der Waals surface area (Å²) in [5.41, 5.74) is -2.27. The van der Waals surface area contributed by atoms with Gasteiger partial charge in [0.1, 0.15) is 10.0 Å². The van der Waals surface area contributed by atoms with E-state index in [1.807, 2.05) is 0 Å². The van der Waals surface area contributed by atoms with Crippen LogP contribution in [0.25, 0.3) is 21.1 Å². The number of nitrogens with zero attached hydrogens (tertiary/aromatic N) is 2. The molecule has 0 unspecified atom stereocenters. The normalized spacial score (nSPS) is 12.4. The molecule has 3 aromatic rings. The fourth-order valence-electron chi connectivity index (χ4n) is 2.27. The van der Waals surface area contributed by atoms with Crippen LogP contribution in [0.4, 0.5) is 26.3 Å². The van der Waals surface area contributed by atoms with Gasteiger partial charge in [-0.3, -0.25) is 0 Å². The lowest BCUT2D eigenvalue weighted by atomic mass is 10.1. The van der Waals surface area contributed by atoms with Crippen molar-refractivity contribution >= 4 is 11.3 Å². The monoisotopic (exact) mass is 374 g/mol. The van der Waals surface area contributed by atoms with E-state index in [-0.39, 0.29) is 21.1 Å². The molecular formula is C16H8F6N2S. The van der Waals surface area contributed by atoms with Crippen LogP contribution in [-0.2, 0) is 12.4 Å². The molecule has 0 aliphatic carbocycles. The summed E-state index contributed by atoms with van der Waals surface area (Å²) in [4.78, 5) is 0. The first-order valence-electron chi connectivity index (χ1n) is 6.84. The third-order valence-corrected chi connectivity index (χ3v) is 4.34. The van der Waals surface area contributed by atoms with Crippen LogP contribution in [0, 0.1) is 0 Å². The van der Waals surface area contributed by atoms with E-state index in [1.54, 1.807) is 0 Å². The molecule has 1 aromatic heterocycles. The molecule has 0 aliphatic rings. The highest BCUT2D eigenvalue weighted by Gasteiger charge is 2.36. The molecule has 0 N–H and O–H groups in total. The molecule has 3 rings (SSSR count). The number of rotatable bonds is 2. The smallest absolute Gasteiger partial charge is 0.166 e. The Bertz CT molecular complexity index is 826. The lowest BCUT2D eigenvalue weighted by Crippen LogP contribution is -2.06. The molecule has 25 heavy (non-hydrogen) atoms. The first-order valence-corrected chi connectivity index (χ1v) is 7.66. The lowest BCUT2D eigenvalue weighted by Gasteiger charge is -2.10. The van der Waals surface area contributed by atoms with Crippen LogP contribution in [0.2, 0.25) is 0 Å². The van der Waals surface area contributed by atoms with Crippen LogP contribution in [0.5, 0.6) is 0 Å². The maximum atomic E-state index is 13.1. The molecule has 130 valence electrons. The molecule has 2 nitrogen and oxygen atoms in total. The van der Waals surface area contributed by atoms with E-state index in [2.05, 4.69) is 10.2 Å². The molecule has 0 spiro atoms. The van der Waals surface area contributed by atoms with Crippen LogP contribution in [0.15, 0.2) is 48.5 Å². The standard InChI is InChI=1S/C16H8F6N2S/c17-15(18,19)11-7-3-1-5-9(11)13-23-24-14(25-13)10-6-2-4-8-12(10)16(20,21)22/h1-8H. The summed E-state index contributed by atoms with van der Waals surface area (Å²) in [5.74, 6) is 0. The van der Waals surface area contributed by atoms with Gasteiger partial charge in [-0.05, 0) is 12.1 Å². The SMILES string of the molecule is FC(F)(F)c1ccccc1-c1nnc(-c2ccccc2C(F)(F)F)s1. The van der Waals surface area contributed by atoms with Gasteiger partial charge >= 0.3 is 12.4 Å². The van der Waals surface area contributed by atoms with Crippen molar-refractivity contribution in [1.29, 1.82) is 0 Å². The minimum Gasteiger partial charge on any atom is -0.166 e. The van der Waals surface area contributed by atoms with Gasteiger partial charge in [-0.2, -0.15) is 26.3 Å². The van der Waals surface area contributed by atoms with Crippen LogP contribution in [0.3, 0.4) is 0 Å². The molecular weight excluding hydrogens is 366 g/mol. The summed E-state index contributed by atoms with van der Waals surface area (Å²) in [6, 6.07) is 9.46. The molecule has 0 bridgehead atoms. The Hall–Kier alpha value is -2.42. The average molecular weight is 374 g/mol. The summed E-state index contributed by atoms with van der Waals surface area (Å²) >= 11 is 0.677. The van der Waals surface area contributed by atoms with Gasteiger partial charge in [-0.1, -0.05) is 47.7 Å². The molecule has 0 atom stereocenters. The third kappa shape index (κ3) is 3.51. The highest BCUT2D eigenvalue weighted by Crippen LogP contribution is 2.41. The van der Waals surface area contributed by atoms with E-state index in [1.165, 1.54) is 36.4 Å². The molecule has 0 amide bonds. The van der Waals surface area contributed by atoms with Gasteiger partial charge in [0.15, 0.2) is 0 Å². The molecule has 0 radical (unpaired) electrons.